The number of benzene rings is 1. The molecule has 0 radical (unpaired) electrons. The van der Waals surface area contributed by atoms with Gasteiger partial charge in [-0.25, -0.2) is 0 Å². The van der Waals surface area contributed by atoms with Crippen molar-refractivity contribution in [3.63, 3.8) is 0 Å². The summed E-state index contributed by atoms with van der Waals surface area (Å²) in [5.41, 5.74) is -1.62. The summed E-state index contributed by atoms with van der Waals surface area (Å²) in [5, 5.41) is 1.69. The van der Waals surface area contributed by atoms with E-state index in [1.807, 2.05) is 30.9 Å². The third-order valence-corrected chi connectivity index (χ3v) is 8.74. The summed E-state index contributed by atoms with van der Waals surface area (Å²) in [5.74, 6) is 0. The summed E-state index contributed by atoms with van der Waals surface area (Å²) in [7, 11) is 1.68. The first-order valence-corrected chi connectivity index (χ1v) is 10.3. The molecule has 1 atom stereocenters. The van der Waals surface area contributed by atoms with E-state index in [0.717, 1.165) is 10.1 Å². The molecule has 1 aromatic carbocycles. The van der Waals surface area contributed by atoms with Crippen molar-refractivity contribution in [1.29, 1.82) is 0 Å². The van der Waals surface area contributed by atoms with Gasteiger partial charge in [-0.05, 0) is 30.9 Å². The van der Waals surface area contributed by atoms with Crippen molar-refractivity contribution in [2.75, 3.05) is 18.9 Å². The Balaban J connectivity index is 2.38. The van der Waals surface area contributed by atoms with E-state index in [9.17, 15) is 0 Å². The van der Waals surface area contributed by atoms with E-state index in [0.29, 0.717) is 0 Å². The van der Waals surface area contributed by atoms with Crippen molar-refractivity contribution in [3.05, 3.63) is 29.3 Å². The zero-order valence-electron chi connectivity index (χ0n) is 8.47. The minimum absolute atomic E-state index is 0.768. The van der Waals surface area contributed by atoms with Crippen molar-refractivity contribution in [3.8, 4) is 0 Å². The molecule has 15 heavy (non-hydrogen) atoms. The van der Waals surface area contributed by atoms with Crippen molar-refractivity contribution in [2.24, 2.45) is 0 Å². The second kappa shape index (κ2) is 6.53. The van der Waals surface area contributed by atoms with Crippen molar-refractivity contribution in [1.82, 2.24) is 0 Å². The summed E-state index contributed by atoms with van der Waals surface area (Å²) in [6, 6.07) is 7.82. The molecule has 0 aliphatic heterocycles. The van der Waals surface area contributed by atoms with Gasteiger partial charge in [-0.15, -0.1) is 11.8 Å². The molecular weight excluding hydrogens is 287 g/mol. The average Bonchev–Trinajstić information content (AvgIpc) is 2.21. The Hall–Kier alpha value is 0.820. The molecule has 1 aromatic rings. The summed E-state index contributed by atoms with van der Waals surface area (Å²) >= 11 is 14.6. The molecule has 6 heteroatoms. The highest BCUT2D eigenvalue weighted by Crippen LogP contribution is 2.57. The monoisotopic (exact) mass is 298 g/mol. The van der Waals surface area contributed by atoms with Gasteiger partial charge in [-0.3, -0.25) is 0 Å². The first kappa shape index (κ1) is 13.9. The Bertz CT molecular complexity index is 355. The van der Waals surface area contributed by atoms with E-state index in [1.54, 1.807) is 30.3 Å². The third-order valence-electron chi connectivity index (χ3n) is 1.66. The fraction of sp³-hybridized carbons (Fsp3) is 0.333. The molecule has 0 bridgehead atoms. The van der Waals surface area contributed by atoms with Crippen LogP contribution in [0.2, 0.25) is 5.02 Å². The molecule has 0 heterocycles. The van der Waals surface area contributed by atoms with Gasteiger partial charge in [0.15, 0.2) is 0 Å². The molecule has 0 spiro atoms. The zero-order valence-corrected chi connectivity index (χ0v) is 12.6. The fourth-order valence-electron chi connectivity index (χ4n) is 0.774. The van der Waals surface area contributed by atoms with E-state index < -0.39 is 5.47 Å². The van der Waals surface area contributed by atoms with E-state index in [4.69, 9.17) is 27.9 Å². The number of thioether (sulfide) groups is 1. The maximum absolute atomic E-state index is 5.80. The number of hydrogen-bond donors (Lipinski definition) is 0. The summed E-state index contributed by atoms with van der Waals surface area (Å²) in [6.45, 7) is 2.00. The van der Waals surface area contributed by atoms with Crippen LogP contribution in [-0.4, -0.2) is 18.9 Å². The van der Waals surface area contributed by atoms with Crippen LogP contribution in [0.3, 0.4) is 0 Å². The van der Waals surface area contributed by atoms with Crippen LogP contribution in [0.25, 0.3) is 0 Å². The van der Waals surface area contributed by atoms with Gasteiger partial charge in [0.25, 0.3) is 0 Å². The van der Waals surface area contributed by atoms with Crippen molar-refractivity contribution < 1.29 is 4.52 Å². The van der Waals surface area contributed by atoms with Gasteiger partial charge in [-0.1, -0.05) is 34.8 Å². The Morgan fingerprint density at radius 2 is 2.00 bits per heavy atom. The highest BCUT2D eigenvalue weighted by molar-refractivity contribution is 8.70. The van der Waals surface area contributed by atoms with Crippen LogP contribution in [0, 0.1) is 0 Å². The molecule has 0 aliphatic rings. The quantitative estimate of drug-likeness (QED) is 0.442. The number of halogens is 1. The lowest BCUT2D eigenvalue weighted by Gasteiger charge is -2.12. The number of hydrogen-bond acceptors (Lipinski definition) is 4. The molecule has 0 amide bonds. The fourth-order valence-corrected chi connectivity index (χ4v) is 6.53. The van der Waals surface area contributed by atoms with Gasteiger partial charge in [0.1, 0.15) is 5.47 Å². The van der Waals surface area contributed by atoms with Crippen LogP contribution >= 0.6 is 40.2 Å². The first-order valence-electron chi connectivity index (χ1n) is 4.20. The van der Waals surface area contributed by atoms with Gasteiger partial charge in [-0.2, -0.15) is 0 Å². The lowest BCUT2D eigenvalue weighted by molar-refractivity contribution is 0.474. The molecule has 1 nitrogen and oxygen atoms in total. The van der Waals surface area contributed by atoms with Gasteiger partial charge in [0.2, 0.25) is 0 Å². The third kappa shape index (κ3) is 5.62. The maximum Gasteiger partial charge on any atom is 0.117 e. The minimum Gasteiger partial charge on any atom is -0.345 e. The van der Waals surface area contributed by atoms with Gasteiger partial charge in [0.05, 0.1) is 5.08 Å². The summed E-state index contributed by atoms with van der Waals surface area (Å²) < 4.78 is 5.25. The normalized spacial score (nSPS) is 14.9. The van der Waals surface area contributed by atoms with Crippen LogP contribution in [0.5, 0.6) is 0 Å². The predicted octanol–water partition coefficient (Wildman–Crippen LogP) is 4.71. The molecule has 0 saturated carbocycles. The molecule has 0 aliphatic carbocycles. The molecular formula is C9H12ClOPS3. The molecule has 1 unspecified atom stereocenters. The summed E-state index contributed by atoms with van der Waals surface area (Å²) in [6.07, 6.45) is 0. The second-order valence-electron chi connectivity index (χ2n) is 2.80. The van der Waals surface area contributed by atoms with Gasteiger partial charge in [0, 0.05) is 17.0 Å². The van der Waals surface area contributed by atoms with E-state index in [-0.39, 0.29) is 0 Å². The molecule has 0 aromatic heterocycles. The van der Waals surface area contributed by atoms with Crippen LogP contribution < -0.4 is 0 Å². The standard InChI is InChI=1S/C9H12ClOPS3/c1-11-12(2,13)15-7-14-9-5-3-8(10)4-6-9/h3-6H,7H2,1-2H3. The molecule has 0 fully saturated rings. The highest BCUT2D eigenvalue weighted by atomic mass is 35.5. The summed E-state index contributed by atoms with van der Waals surface area (Å²) in [4.78, 5) is 1.21. The molecule has 84 valence electrons. The Morgan fingerprint density at radius 3 is 2.53 bits per heavy atom. The predicted molar refractivity (Wildman–Crippen MR) is 77.0 cm³/mol. The van der Waals surface area contributed by atoms with Crippen molar-refractivity contribution in [2.45, 2.75) is 4.90 Å². The van der Waals surface area contributed by atoms with E-state index in [2.05, 4.69) is 0 Å². The molecule has 1 rings (SSSR count). The first-order chi connectivity index (χ1) is 7.03. The smallest absolute Gasteiger partial charge is 0.117 e. The minimum atomic E-state index is -1.62. The lowest BCUT2D eigenvalue weighted by atomic mass is 10.4. The Kier molecular flexibility index (Phi) is 6.04. The van der Waals surface area contributed by atoms with E-state index >= 15 is 0 Å². The Morgan fingerprint density at radius 1 is 1.40 bits per heavy atom. The highest BCUT2D eigenvalue weighted by Gasteiger charge is 2.08. The van der Waals surface area contributed by atoms with E-state index in [1.165, 1.54) is 4.90 Å². The van der Waals surface area contributed by atoms with Crippen LogP contribution in [-0.2, 0) is 16.3 Å². The average molecular weight is 299 g/mol. The van der Waals surface area contributed by atoms with Gasteiger partial charge < -0.3 is 4.52 Å². The molecule has 0 saturated heterocycles. The van der Waals surface area contributed by atoms with Crippen LogP contribution in [0.15, 0.2) is 29.2 Å². The van der Waals surface area contributed by atoms with Crippen LogP contribution in [0.4, 0.5) is 0 Å². The SMILES string of the molecule is COP(C)(=S)SCSc1ccc(Cl)cc1. The largest absolute Gasteiger partial charge is 0.345 e. The van der Waals surface area contributed by atoms with Crippen molar-refractivity contribution >= 4 is 52.0 Å². The molecule has 0 N–H and O–H groups in total. The lowest BCUT2D eigenvalue weighted by Crippen LogP contribution is -1.78. The topological polar surface area (TPSA) is 9.23 Å². The van der Waals surface area contributed by atoms with Gasteiger partial charge >= 0.3 is 0 Å². The zero-order chi connectivity index (χ0) is 11.3. The number of rotatable bonds is 5. The maximum atomic E-state index is 5.80. The second-order valence-corrected chi connectivity index (χ2v) is 12.8. The Labute approximate surface area is 109 Å². The van der Waals surface area contributed by atoms with Crippen LogP contribution in [0.1, 0.15) is 0 Å².